The molecule has 2 spiro atoms. The maximum Gasteiger partial charge on any atom is 0.331 e. The van der Waals surface area contributed by atoms with Crippen LogP contribution in [0.2, 0.25) is 0 Å². The van der Waals surface area contributed by atoms with Crippen molar-refractivity contribution in [2.24, 2.45) is 27.6 Å². The summed E-state index contributed by atoms with van der Waals surface area (Å²) in [6.07, 6.45) is -1.61. The Bertz CT molecular complexity index is 1270. The van der Waals surface area contributed by atoms with E-state index in [1.807, 2.05) is 37.3 Å². The third-order valence-corrected chi connectivity index (χ3v) is 11.1. The van der Waals surface area contributed by atoms with Crippen molar-refractivity contribution in [1.82, 2.24) is 0 Å². The number of ether oxygens (including phenoxy) is 2. The Hall–Kier alpha value is -2.81. The second-order valence-electron chi connectivity index (χ2n) is 12.6. The fourth-order valence-corrected chi connectivity index (χ4v) is 9.52. The van der Waals surface area contributed by atoms with E-state index in [4.69, 9.17) is 9.47 Å². The van der Waals surface area contributed by atoms with Crippen molar-refractivity contribution in [1.29, 1.82) is 0 Å². The van der Waals surface area contributed by atoms with Crippen LogP contribution < -0.4 is 0 Å². The maximum absolute atomic E-state index is 13.5. The average molecular weight is 539 g/mol. The molecule has 1 aromatic rings. The SMILES string of the molecule is C=C1[C@@H](OC(=O)C=Cc2ccccc2)CC[C@@]2(C)[C@@H](OC(C)=O)[C@H](O)[C@@]34[C@H](C)C(=O)C[C@@](O)([C@@H](O)[C@@]132)C4(C)C. The van der Waals surface area contributed by atoms with Crippen molar-refractivity contribution < 1.29 is 39.2 Å². The third-order valence-electron chi connectivity index (χ3n) is 11.1. The maximum atomic E-state index is 13.5. The Morgan fingerprint density at radius 3 is 2.36 bits per heavy atom. The van der Waals surface area contributed by atoms with E-state index in [9.17, 15) is 29.7 Å². The number of hydrogen-bond donors (Lipinski definition) is 3. The number of carbonyl (C=O) groups excluding carboxylic acids is 3. The Kier molecular flexibility index (Phi) is 6.11. The molecule has 0 radical (unpaired) electrons. The lowest BCUT2D eigenvalue weighted by molar-refractivity contribution is -0.207. The van der Waals surface area contributed by atoms with Gasteiger partial charge in [0, 0.05) is 47.0 Å². The van der Waals surface area contributed by atoms with Gasteiger partial charge in [-0.15, -0.1) is 0 Å². The van der Waals surface area contributed by atoms with Gasteiger partial charge in [-0.3, -0.25) is 9.59 Å². The van der Waals surface area contributed by atoms with Crippen molar-refractivity contribution in [3.8, 4) is 0 Å². The largest absolute Gasteiger partial charge is 0.459 e. The summed E-state index contributed by atoms with van der Waals surface area (Å²) in [5.74, 6) is -2.32. The smallest absolute Gasteiger partial charge is 0.331 e. The summed E-state index contributed by atoms with van der Waals surface area (Å²) in [7, 11) is 0. The van der Waals surface area contributed by atoms with Gasteiger partial charge in [0.1, 0.15) is 23.6 Å². The summed E-state index contributed by atoms with van der Waals surface area (Å²) in [5, 5.41) is 36.4. The quantitative estimate of drug-likeness (QED) is 0.303. The van der Waals surface area contributed by atoms with Gasteiger partial charge >= 0.3 is 11.9 Å². The van der Waals surface area contributed by atoms with Gasteiger partial charge in [0.05, 0.1) is 12.2 Å². The summed E-state index contributed by atoms with van der Waals surface area (Å²) in [5.41, 5.74) is -6.02. The Morgan fingerprint density at radius 2 is 1.74 bits per heavy atom. The Labute approximate surface area is 228 Å². The summed E-state index contributed by atoms with van der Waals surface area (Å²) in [6, 6.07) is 9.28. The van der Waals surface area contributed by atoms with E-state index in [1.165, 1.54) is 13.0 Å². The molecule has 0 aliphatic heterocycles. The van der Waals surface area contributed by atoms with Crippen LogP contribution >= 0.6 is 0 Å². The molecule has 4 fully saturated rings. The molecule has 210 valence electrons. The first-order valence-electron chi connectivity index (χ1n) is 13.6. The number of rotatable bonds is 4. The Morgan fingerprint density at radius 1 is 1.10 bits per heavy atom. The molecule has 2 bridgehead atoms. The van der Waals surface area contributed by atoms with E-state index in [2.05, 4.69) is 6.58 Å². The van der Waals surface area contributed by atoms with Crippen LogP contribution in [0.25, 0.3) is 6.08 Å². The van der Waals surface area contributed by atoms with Gasteiger partial charge < -0.3 is 24.8 Å². The number of benzene rings is 1. The number of esters is 2. The Balaban J connectivity index is 1.65. The topological polar surface area (TPSA) is 130 Å². The second kappa shape index (κ2) is 8.59. The van der Waals surface area contributed by atoms with E-state index >= 15 is 0 Å². The molecule has 3 N–H and O–H groups in total. The number of carbonyl (C=O) groups is 3. The predicted molar refractivity (Wildman–Crippen MR) is 142 cm³/mol. The number of aliphatic hydroxyl groups is 3. The summed E-state index contributed by atoms with van der Waals surface area (Å²) >= 11 is 0. The van der Waals surface area contributed by atoms with Crippen LogP contribution in [0, 0.1) is 27.6 Å². The molecule has 4 saturated carbocycles. The highest BCUT2D eigenvalue weighted by atomic mass is 16.6. The second-order valence-corrected chi connectivity index (χ2v) is 12.6. The molecular formula is C31H38O8. The summed E-state index contributed by atoms with van der Waals surface area (Å²) in [4.78, 5) is 38.7. The van der Waals surface area contributed by atoms with Crippen LogP contribution in [0.3, 0.4) is 0 Å². The first-order chi connectivity index (χ1) is 18.1. The fraction of sp³-hybridized carbons (Fsp3) is 0.581. The van der Waals surface area contributed by atoms with Crippen LogP contribution in [0.15, 0.2) is 48.6 Å². The van der Waals surface area contributed by atoms with Crippen LogP contribution in [0.5, 0.6) is 0 Å². The molecule has 1 aromatic carbocycles. The molecule has 0 heterocycles. The molecule has 39 heavy (non-hydrogen) atoms. The molecular weight excluding hydrogens is 500 g/mol. The standard InChI is InChI=1S/C31H38O8/c1-17-21(33)16-29(37)26(36)31-18(2)22(39-23(34)13-12-20-10-8-7-9-11-20)14-15-28(31,6)25(38-19(3)32)24(35)30(17,31)27(29,4)5/h7-13,17,22,24-26,35-37H,2,14-16H2,1,3-6H3/t17-,22+,24+,25+,26-,28+,29-,30-,31-/m1/s1. The van der Waals surface area contributed by atoms with Crippen molar-refractivity contribution in [3.05, 3.63) is 54.1 Å². The summed E-state index contributed by atoms with van der Waals surface area (Å²) in [6.45, 7) is 12.6. The minimum absolute atomic E-state index is 0.285. The molecule has 9 atom stereocenters. The molecule has 0 saturated heterocycles. The minimum Gasteiger partial charge on any atom is -0.459 e. The molecule has 5 rings (SSSR count). The van der Waals surface area contributed by atoms with Crippen molar-refractivity contribution in [2.75, 3.05) is 0 Å². The highest BCUT2D eigenvalue weighted by Gasteiger charge is 2.94. The molecule has 8 nitrogen and oxygen atoms in total. The van der Waals surface area contributed by atoms with E-state index in [1.54, 1.807) is 26.8 Å². The van der Waals surface area contributed by atoms with Crippen LogP contribution in [-0.2, 0) is 23.9 Å². The van der Waals surface area contributed by atoms with E-state index in [0.717, 1.165) is 5.56 Å². The third kappa shape index (κ3) is 3.03. The predicted octanol–water partition coefficient (Wildman–Crippen LogP) is 2.99. The van der Waals surface area contributed by atoms with Crippen molar-refractivity contribution >= 4 is 23.8 Å². The first kappa shape index (κ1) is 27.7. The molecule has 0 unspecified atom stereocenters. The van der Waals surface area contributed by atoms with Gasteiger partial charge in [-0.25, -0.2) is 4.79 Å². The van der Waals surface area contributed by atoms with Gasteiger partial charge in [-0.05, 0) is 30.1 Å². The first-order valence-corrected chi connectivity index (χ1v) is 13.6. The van der Waals surface area contributed by atoms with E-state index < -0.39 is 69.5 Å². The van der Waals surface area contributed by atoms with Gasteiger partial charge in [-0.2, -0.15) is 0 Å². The lowest BCUT2D eigenvalue weighted by Gasteiger charge is -2.60. The van der Waals surface area contributed by atoms with E-state index in [0.29, 0.717) is 12.0 Å². The fourth-order valence-electron chi connectivity index (χ4n) is 9.52. The monoisotopic (exact) mass is 538 g/mol. The number of fused-ring (bicyclic) bond motifs is 1. The lowest BCUT2D eigenvalue weighted by Crippen LogP contribution is -2.64. The number of Topliss-reactive ketones (excluding diaryl/α,β-unsaturated/α-hetero) is 1. The van der Waals surface area contributed by atoms with Gasteiger partial charge in [0.2, 0.25) is 0 Å². The van der Waals surface area contributed by atoms with Gasteiger partial charge in [-0.1, -0.05) is 64.6 Å². The summed E-state index contributed by atoms with van der Waals surface area (Å²) < 4.78 is 11.7. The molecule has 8 heteroatoms. The number of ketones is 1. The molecule has 4 aliphatic rings. The average Bonchev–Trinajstić information content (AvgIpc) is 3.09. The zero-order valence-corrected chi connectivity index (χ0v) is 23.1. The molecule has 0 aromatic heterocycles. The molecule has 4 aliphatic carbocycles. The van der Waals surface area contributed by atoms with Crippen LogP contribution in [-0.4, -0.2) is 63.1 Å². The van der Waals surface area contributed by atoms with E-state index in [-0.39, 0.29) is 18.6 Å². The highest BCUT2D eigenvalue weighted by Crippen LogP contribution is 2.86. The van der Waals surface area contributed by atoms with Gasteiger partial charge in [0.15, 0.2) is 0 Å². The van der Waals surface area contributed by atoms with Crippen molar-refractivity contribution in [2.45, 2.75) is 83.9 Å². The van der Waals surface area contributed by atoms with Crippen molar-refractivity contribution in [3.63, 3.8) is 0 Å². The minimum atomic E-state index is -1.89. The van der Waals surface area contributed by atoms with Crippen LogP contribution in [0.4, 0.5) is 0 Å². The number of aliphatic hydroxyl groups excluding tert-OH is 2. The van der Waals surface area contributed by atoms with Crippen LogP contribution in [0.1, 0.15) is 59.4 Å². The lowest BCUT2D eigenvalue weighted by atomic mass is 9.42. The normalized spacial score (nSPS) is 44.2. The zero-order chi connectivity index (χ0) is 28.8. The highest BCUT2D eigenvalue weighted by molar-refractivity contribution is 5.88. The zero-order valence-electron chi connectivity index (χ0n) is 23.1. The molecule has 0 amide bonds. The number of hydrogen-bond acceptors (Lipinski definition) is 8. The van der Waals surface area contributed by atoms with Gasteiger partial charge in [0.25, 0.3) is 0 Å².